The molecule has 144 valence electrons. The lowest BCUT2D eigenvalue weighted by Crippen LogP contribution is -2.35. The van der Waals surface area contributed by atoms with Crippen LogP contribution in [0.3, 0.4) is 0 Å². The minimum atomic E-state index is -0.489. The Labute approximate surface area is 158 Å². The molecule has 0 aliphatic rings. The molecular weight excluding hydrogens is 344 g/mol. The van der Waals surface area contributed by atoms with Crippen molar-refractivity contribution in [3.63, 3.8) is 0 Å². The second kappa shape index (κ2) is 9.02. The van der Waals surface area contributed by atoms with Crippen molar-refractivity contribution in [3.8, 4) is 0 Å². The summed E-state index contributed by atoms with van der Waals surface area (Å²) in [5, 5.41) is 7.67. The van der Waals surface area contributed by atoms with Crippen LogP contribution in [-0.4, -0.2) is 23.6 Å². The van der Waals surface area contributed by atoms with Gasteiger partial charge in [-0.2, -0.15) is 0 Å². The molecule has 0 saturated heterocycles. The maximum absolute atomic E-state index is 12.5. The van der Waals surface area contributed by atoms with Crippen LogP contribution in [0.5, 0.6) is 0 Å². The molecule has 0 saturated carbocycles. The second-order valence-electron chi connectivity index (χ2n) is 6.66. The van der Waals surface area contributed by atoms with Crippen LogP contribution in [0.1, 0.15) is 36.6 Å². The van der Waals surface area contributed by atoms with Gasteiger partial charge in [0, 0.05) is 19.3 Å². The molecule has 1 aromatic heterocycles. The van der Waals surface area contributed by atoms with E-state index in [9.17, 15) is 14.4 Å². The van der Waals surface area contributed by atoms with Crippen LogP contribution >= 0.6 is 0 Å². The largest absolute Gasteiger partial charge is 0.350 e. The third kappa shape index (κ3) is 5.44. The number of nitrogens with zero attached hydrogens (tertiary/aromatic N) is 1. The van der Waals surface area contributed by atoms with Crippen LogP contribution < -0.4 is 21.5 Å². The fraction of sp³-hybridized carbons (Fsp3) is 0.350. The van der Waals surface area contributed by atoms with E-state index in [1.165, 1.54) is 23.2 Å². The molecule has 1 heterocycles. The summed E-state index contributed by atoms with van der Waals surface area (Å²) in [5.41, 5.74) is 2.57. The molecule has 3 N–H and O–H groups in total. The number of hydrogen-bond acceptors (Lipinski definition) is 3. The average Bonchev–Trinajstić information content (AvgIpc) is 2.65. The van der Waals surface area contributed by atoms with E-state index < -0.39 is 11.6 Å². The van der Waals surface area contributed by atoms with Gasteiger partial charge in [0.15, 0.2) is 0 Å². The number of aryl methyl sites for hydroxylation is 1. The predicted octanol–water partition coefficient (Wildman–Crippen LogP) is 2.35. The second-order valence-corrected chi connectivity index (χ2v) is 6.66. The summed E-state index contributed by atoms with van der Waals surface area (Å²) in [6.07, 6.45) is 0. The predicted molar refractivity (Wildman–Crippen MR) is 106 cm³/mol. The molecular formula is C20H26N4O3. The molecule has 0 bridgehead atoms. The highest BCUT2D eigenvalue weighted by Crippen LogP contribution is 2.14. The maximum Gasteiger partial charge on any atom is 0.319 e. The number of carbonyl (C=O) groups excluding carboxylic acids is 2. The zero-order valence-electron chi connectivity index (χ0n) is 16.1. The quantitative estimate of drug-likeness (QED) is 0.729. The number of aromatic nitrogens is 1. The standard InChI is InChI=1S/C20H26N4O3/c1-13(2)16-8-6-15(7-9-16)11-22-18(25)12-24-14(3)5-10-17(19(24)26)23-20(27)21-4/h5-10,13H,11-12H2,1-4H3,(H,22,25)(H2,21,23,27). The zero-order valence-corrected chi connectivity index (χ0v) is 16.1. The first-order valence-electron chi connectivity index (χ1n) is 8.86. The summed E-state index contributed by atoms with van der Waals surface area (Å²) in [6, 6.07) is 10.8. The Morgan fingerprint density at radius 2 is 1.74 bits per heavy atom. The van der Waals surface area contributed by atoms with Crippen LogP contribution in [0.15, 0.2) is 41.2 Å². The van der Waals surface area contributed by atoms with Crippen molar-refractivity contribution in [1.29, 1.82) is 0 Å². The summed E-state index contributed by atoms with van der Waals surface area (Å²) in [5.74, 6) is 0.185. The normalized spacial score (nSPS) is 10.6. The van der Waals surface area contributed by atoms with Gasteiger partial charge in [0.25, 0.3) is 5.56 Å². The van der Waals surface area contributed by atoms with E-state index in [4.69, 9.17) is 0 Å². The number of carbonyl (C=O) groups is 2. The fourth-order valence-corrected chi connectivity index (χ4v) is 2.57. The van der Waals surface area contributed by atoms with Gasteiger partial charge in [-0.1, -0.05) is 38.1 Å². The Morgan fingerprint density at radius 3 is 2.33 bits per heavy atom. The maximum atomic E-state index is 12.5. The molecule has 2 rings (SSSR count). The number of nitrogens with one attached hydrogen (secondary N) is 3. The van der Waals surface area contributed by atoms with Crippen molar-refractivity contribution in [2.75, 3.05) is 12.4 Å². The molecule has 0 spiro atoms. The van der Waals surface area contributed by atoms with Crippen LogP contribution in [0, 0.1) is 6.92 Å². The van der Waals surface area contributed by atoms with Crippen molar-refractivity contribution in [2.24, 2.45) is 0 Å². The smallest absolute Gasteiger partial charge is 0.319 e. The number of rotatable bonds is 6. The Morgan fingerprint density at radius 1 is 1.07 bits per heavy atom. The number of benzene rings is 1. The Hall–Kier alpha value is -3.09. The third-order valence-electron chi connectivity index (χ3n) is 4.31. The molecule has 0 aliphatic carbocycles. The van der Waals surface area contributed by atoms with Gasteiger partial charge in [-0.15, -0.1) is 0 Å². The van der Waals surface area contributed by atoms with E-state index >= 15 is 0 Å². The summed E-state index contributed by atoms with van der Waals surface area (Å²) >= 11 is 0. The topological polar surface area (TPSA) is 92.2 Å². The molecule has 0 aliphatic heterocycles. The van der Waals surface area contributed by atoms with Crippen LogP contribution in [0.25, 0.3) is 0 Å². The summed E-state index contributed by atoms with van der Waals surface area (Å²) in [4.78, 5) is 36.2. The van der Waals surface area contributed by atoms with Crippen molar-refractivity contribution in [3.05, 3.63) is 63.6 Å². The molecule has 0 atom stereocenters. The van der Waals surface area contributed by atoms with E-state index in [1.54, 1.807) is 13.0 Å². The minimum absolute atomic E-state index is 0.113. The lowest BCUT2D eigenvalue weighted by molar-refractivity contribution is -0.121. The fourth-order valence-electron chi connectivity index (χ4n) is 2.57. The lowest BCUT2D eigenvalue weighted by atomic mass is 10.0. The van der Waals surface area contributed by atoms with Gasteiger partial charge in [0.1, 0.15) is 12.2 Å². The number of anilines is 1. The van der Waals surface area contributed by atoms with Crippen LogP contribution in [0.2, 0.25) is 0 Å². The summed E-state index contributed by atoms with van der Waals surface area (Å²) in [7, 11) is 1.46. The van der Waals surface area contributed by atoms with E-state index in [2.05, 4.69) is 41.9 Å². The van der Waals surface area contributed by atoms with Crippen LogP contribution in [0.4, 0.5) is 10.5 Å². The number of pyridine rings is 1. The molecule has 0 unspecified atom stereocenters. The molecule has 0 fully saturated rings. The zero-order chi connectivity index (χ0) is 20.0. The number of amides is 3. The molecule has 7 heteroatoms. The van der Waals surface area contributed by atoms with Crippen molar-refractivity contribution < 1.29 is 9.59 Å². The van der Waals surface area contributed by atoms with Crippen molar-refractivity contribution in [1.82, 2.24) is 15.2 Å². The molecule has 7 nitrogen and oxygen atoms in total. The van der Waals surface area contributed by atoms with E-state index in [1.807, 2.05) is 12.1 Å². The highest BCUT2D eigenvalue weighted by Gasteiger charge is 2.12. The van der Waals surface area contributed by atoms with Crippen LogP contribution in [-0.2, 0) is 17.9 Å². The van der Waals surface area contributed by atoms with Crippen molar-refractivity contribution >= 4 is 17.6 Å². The average molecular weight is 370 g/mol. The van der Waals surface area contributed by atoms with Gasteiger partial charge < -0.3 is 20.5 Å². The first-order valence-corrected chi connectivity index (χ1v) is 8.86. The molecule has 1 aromatic carbocycles. The van der Waals surface area contributed by atoms with Gasteiger partial charge >= 0.3 is 6.03 Å². The van der Waals surface area contributed by atoms with Gasteiger partial charge in [-0.05, 0) is 36.1 Å². The van der Waals surface area contributed by atoms with Crippen molar-refractivity contribution in [2.45, 2.75) is 39.8 Å². The first kappa shape index (κ1) is 20.2. The molecule has 3 amide bonds. The Bertz CT molecular complexity index is 870. The highest BCUT2D eigenvalue weighted by atomic mass is 16.2. The van der Waals surface area contributed by atoms with Gasteiger partial charge in [-0.3, -0.25) is 9.59 Å². The first-order chi connectivity index (χ1) is 12.8. The van der Waals surface area contributed by atoms with Gasteiger partial charge in [0.05, 0.1) is 0 Å². The molecule has 0 radical (unpaired) electrons. The minimum Gasteiger partial charge on any atom is -0.350 e. The summed E-state index contributed by atoms with van der Waals surface area (Å²) in [6.45, 7) is 6.27. The number of urea groups is 1. The summed E-state index contributed by atoms with van der Waals surface area (Å²) < 4.78 is 1.34. The molecule has 27 heavy (non-hydrogen) atoms. The number of hydrogen-bond donors (Lipinski definition) is 3. The van der Waals surface area contributed by atoms with E-state index in [-0.39, 0.29) is 18.1 Å². The molecule has 2 aromatic rings. The highest BCUT2D eigenvalue weighted by molar-refractivity contribution is 5.88. The van der Waals surface area contributed by atoms with E-state index in [0.717, 1.165) is 5.56 Å². The van der Waals surface area contributed by atoms with E-state index in [0.29, 0.717) is 18.2 Å². The Kier molecular flexibility index (Phi) is 6.76. The third-order valence-corrected chi connectivity index (χ3v) is 4.31. The van der Waals surface area contributed by atoms with Gasteiger partial charge in [-0.25, -0.2) is 4.79 Å². The SMILES string of the molecule is CNC(=O)Nc1ccc(C)n(CC(=O)NCc2ccc(C(C)C)cc2)c1=O. The Balaban J connectivity index is 2.03. The monoisotopic (exact) mass is 370 g/mol. The lowest BCUT2D eigenvalue weighted by Gasteiger charge is -2.13. The van der Waals surface area contributed by atoms with Gasteiger partial charge in [0.2, 0.25) is 5.91 Å².